The second-order valence-electron chi connectivity index (χ2n) is 5.35. The fourth-order valence-electron chi connectivity index (χ4n) is 2.90. The Morgan fingerprint density at radius 2 is 2.06 bits per heavy atom. The maximum atomic E-state index is 2.53. The van der Waals surface area contributed by atoms with Gasteiger partial charge >= 0.3 is 0 Å². The first-order valence-electron chi connectivity index (χ1n) is 6.30. The topological polar surface area (TPSA) is 0 Å². The molecule has 0 aliphatic heterocycles. The van der Waals surface area contributed by atoms with Crippen LogP contribution in [-0.4, -0.2) is 4.43 Å². The summed E-state index contributed by atoms with van der Waals surface area (Å²) in [5.41, 5.74) is 4.67. The van der Waals surface area contributed by atoms with Crippen LogP contribution in [-0.2, 0) is 0 Å². The Morgan fingerprint density at radius 1 is 1.31 bits per heavy atom. The molecule has 0 aromatic heterocycles. The highest BCUT2D eigenvalue weighted by molar-refractivity contribution is 14.1. The maximum absolute atomic E-state index is 2.53. The van der Waals surface area contributed by atoms with Gasteiger partial charge in [0.15, 0.2) is 0 Å². The van der Waals surface area contributed by atoms with Crippen molar-refractivity contribution in [1.82, 2.24) is 0 Å². The Balaban J connectivity index is 2.41. The van der Waals surface area contributed by atoms with E-state index in [1.54, 1.807) is 11.1 Å². The third kappa shape index (κ3) is 2.29. The van der Waals surface area contributed by atoms with Crippen LogP contribution < -0.4 is 0 Å². The maximum Gasteiger partial charge on any atom is 0.00269 e. The third-order valence-corrected chi connectivity index (χ3v) is 5.40. The van der Waals surface area contributed by atoms with Gasteiger partial charge < -0.3 is 0 Å². The molecule has 0 bridgehead atoms. The Kier molecular flexibility index (Phi) is 3.93. The van der Waals surface area contributed by atoms with Gasteiger partial charge in [-0.15, -0.1) is 0 Å². The van der Waals surface area contributed by atoms with Crippen LogP contribution >= 0.6 is 22.6 Å². The second kappa shape index (κ2) is 5.07. The SMILES string of the molecule is Cc1ccc2c(c1)[C@H]([C@H](C)CI)CC[C@@H]2C. The quantitative estimate of drug-likeness (QED) is 0.527. The van der Waals surface area contributed by atoms with Crippen LogP contribution in [0, 0.1) is 12.8 Å². The first-order chi connectivity index (χ1) is 7.63. The van der Waals surface area contributed by atoms with Crippen LogP contribution in [0.4, 0.5) is 0 Å². The van der Waals surface area contributed by atoms with Crippen molar-refractivity contribution in [3.63, 3.8) is 0 Å². The first kappa shape index (κ1) is 12.4. The molecular formula is C15H21I. The minimum atomic E-state index is 0.758. The van der Waals surface area contributed by atoms with Crippen LogP contribution in [0.1, 0.15) is 55.2 Å². The molecule has 2 rings (SSSR count). The Bertz CT molecular complexity index is 370. The van der Waals surface area contributed by atoms with Crippen LogP contribution in [0.2, 0.25) is 0 Å². The average molecular weight is 328 g/mol. The number of alkyl halides is 1. The summed E-state index contributed by atoms with van der Waals surface area (Å²) in [7, 11) is 0. The Labute approximate surface area is 113 Å². The zero-order valence-corrected chi connectivity index (χ0v) is 12.6. The van der Waals surface area contributed by atoms with E-state index in [1.165, 1.54) is 22.8 Å². The molecule has 0 fully saturated rings. The largest absolute Gasteiger partial charge is 0.0861 e. The van der Waals surface area contributed by atoms with E-state index >= 15 is 0 Å². The minimum Gasteiger partial charge on any atom is -0.0861 e. The summed E-state index contributed by atoms with van der Waals surface area (Å²) in [5, 5.41) is 0. The molecule has 0 amide bonds. The summed E-state index contributed by atoms with van der Waals surface area (Å²) in [4.78, 5) is 0. The average Bonchev–Trinajstić information content (AvgIpc) is 2.28. The molecule has 1 aliphatic carbocycles. The molecule has 16 heavy (non-hydrogen) atoms. The molecule has 1 aromatic carbocycles. The van der Waals surface area contributed by atoms with Gasteiger partial charge in [0.2, 0.25) is 0 Å². The van der Waals surface area contributed by atoms with Crippen molar-refractivity contribution in [2.75, 3.05) is 4.43 Å². The summed E-state index contributed by atoms with van der Waals surface area (Å²) < 4.78 is 1.27. The van der Waals surface area contributed by atoms with E-state index in [1.807, 2.05) is 0 Å². The molecule has 0 radical (unpaired) electrons. The second-order valence-corrected chi connectivity index (χ2v) is 6.23. The molecule has 3 atom stereocenters. The predicted octanol–water partition coefficient (Wildman–Crippen LogP) is 5.05. The van der Waals surface area contributed by atoms with Gasteiger partial charge in [0.05, 0.1) is 0 Å². The van der Waals surface area contributed by atoms with Crippen LogP contribution in [0.5, 0.6) is 0 Å². The highest BCUT2D eigenvalue weighted by Gasteiger charge is 2.27. The zero-order chi connectivity index (χ0) is 11.7. The summed E-state index contributed by atoms with van der Waals surface area (Å²) >= 11 is 2.53. The molecule has 0 spiro atoms. The highest BCUT2D eigenvalue weighted by atomic mass is 127. The molecule has 0 heterocycles. The smallest absolute Gasteiger partial charge is 0.00269 e. The van der Waals surface area contributed by atoms with E-state index in [2.05, 4.69) is 61.6 Å². The van der Waals surface area contributed by atoms with Crippen molar-refractivity contribution < 1.29 is 0 Å². The summed E-state index contributed by atoms with van der Waals surface area (Å²) in [6.45, 7) is 6.99. The fourth-order valence-corrected chi connectivity index (χ4v) is 3.52. The van der Waals surface area contributed by atoms with Gasteiger partial charge in [0.1, 0.15) is 0 Å². The van der Waals surface area contributed by atoms with E-state index in [0.29, 0.717) is 0 Å². The third-order valence-electron chi connectivity index (χ3n) is 4.01. The molecular weight excluding hydrogens is 307 g/mol. The van der Waals surface area contributed by atoms with Gasteiger partial charge in [-0.05, 0) is 48.6 Å². The molecule has 0 saturated carbocycles. The number of hydrogen-bond donors (Lipinski definition) is 0. The van der Waals surface area contributed by atoms with Crippen LogP contribution in [0.15, 0.2) is 18.2 Å². The summed E-state index contributed by atoms with van der Waals surface area (Å²) in [5.74, 6) is 2.37. The van der Waals surface area contributed by atoms with Crippen LogP contribution in [0.3, 0.4) is 0 Å². The molecule has 88 valence electrons. The van der Waals surface area contributed by atoms with Crippen molar-refractivity contribution in [1.29, 1.82) is 0 Å². The van der Waals surface area contributed by atoms with Crippen molar-refractivity contribution in [3.8, 4) is 0 Å². The van der Waals surface area contributed by atoms with Gasteiger partial charge in [-0.3, -0.25) is 0 Å². The molecule has 0 N–H and O–H groups in total. The predicted molar refractivity (Wildman–Crippen MR) is 79.6 cm³/mol. The molecule has 1 aliphatic rings. The lowest BCUT2D eigenvalue weighted by Crippen LogP contribution is -2.19. The molecule has 0 nitrogen and oxygen atoms in total. The first-order valence-corrected chi connectivity index (χ1v) is 7.82. The molecule has 1 aromatic rings. The number of benzene rings is 1. The molecule has 0 unspecified atom stereocenters. The van der Waals surface area contributed by atoms with Crippen molar-refractivity contribution in [2.24, 2.45) is 5.92 Å². The minimum absolute atomic E-state index is 0.758. The lowest BCUT2D eigenvalue weighted by atomic mass is 9.73. The monoisotopic (exact) mass is 328 g/mol. The van der Waals surface area contributed by atoms with Gasteiger partial charge in [-0.1, -0.05) is 60.2 Å². The standard InChI is InChI=1S/C15H21I/c1-10-4-6-13-11(2)5-7-14(12(3)9-16)15(13)8-10/h4,6,8,11-12,14H,5,7,9H2,1-3H3/t11-,12+,14-/m0/s1. The lowest BCUT2D eigenvalue weighted by molar-refractivity contribution is 0.418. The lowest BCUT2D eigenvalue weighted by Gasteiger charge is -2.33. The van der Waals surface area contributed by atoms with E-state index in [0.717, 1.165) is 17.8 Å². The number of rotatable bonds is 2. The Hall–Kier alpha value is -0.0500. The normalized spacial score (nSPS) is 26.2. The van der Waals surface area contributed by atoms with E-state index in [4.69, 9.17) is 0 Å². The highest BCUT2D eigenvalue weighted by Crippen LogP contribution is 2.42. The number of aryl methyl sites for hydroxylation is 1. The number of fused-ring (bicyclic) bond motifs is 1. The van der Waals surface area contributed by atoms with Gasteiger partial charge in [0.25, 0.3) is 0 Å². The number of halogens is 1. The van der Waals surface area contributed by atoms with Crippen molar-refractivity contribution in [2.45, 2.75) is 45.4 Å². The van der Waals surface area contributed by atoms with E-state index < -0.39 is 0 Å². The van der Waals surface area contributed by atoms with E-state index in [-0.39, 0.29) is 0 Å². The van der Waals surface area contributed by atoms with Gasteiger partial charge in [-0.25, -0.2) is 0 Å². The van der Waals surface area contributed by atoms with Crippen molar-refractivity contribution >= 4 is 22.6 Å². The summed E-state index contributed by atoms with van der Waals surface area (Å²) in [6.07, 6.45) is 2.74. The number of hydrogen-bond acceptors (Lipinski definition) is 0. The zero-order valence-electron chi connectivity index (χ0n) is 10.5. The fraction of sp³-hybridized carbons (Fsp3) is 0.600. The van der Waals surface area contributed by atoms with Gasteiger partial charge in [0, 0.05) is 4.43 Å². The Morgan fingerprint density at radius 3 is 2.75 bits per heavy atom. The summed E-state index contributed by atoms with van der Waals surface area (Å²) in [6, 6.07) is 7.06. The molecule has 0 saturated heterocycles. The van der Waals surface area contributed by atoms with Gasteiger partial charge in [-0.2, -0.15) is 0 Å². The van der Waals surface area contributed by atoms with E-state index in [9.17, 15) is 0 Å². The van der Waals surface area contributed by atoms with Crippen molar-refractivity contribution in [3.05, 3.63) is 34.9 Å². The van der Waals surface area contributed by atoms with Crippen LogP contribution in [0.25, 0.3) is 0 Å². The molecule has 1 heteroatoms.